The van der Waals surface area contributed by atoms with Crippen LogP contribution in [0, 0.1) is 5.92 Å². The second-order valence-electron chi connectivity index (χ2n) is 6.89. The van der Waals surface area contributed by atoms with Crippen molar-refractivity contribution >= 4 is 12.4 Å². The summed E-state index contributed by atoms with van der Waals surface area (Å²) >= 11 is 0. The van der Waals surface area contributed by atoms with Crippen LogP contribution in [0.4, 0.5) is 4.79 Å². The quantitative estimate of drug-likeness (QED) is 0.803. The first-order chi connectivity index (χ1) is 10.8. The molecule has 1 heterocycles. The highest BCUT2D eigenvalue weighted by Gasteiger charge is 2.34. The maximum absolute atomic E-state index is 12.2. The van der Waals surface area contributed by atoms with Crippen molar-refractivity contribution in [1.29, 1.82) is 0 Å². The van der Waals surface area contributed by atoms with E-state index in [4.69, 9.17) is 9.47 Å². The monoisotopic (exact) mass is 319 g/mol. The molecule has 2 rings (SSSR count). The summed E-state index contributed by atoms with van der Waals surface area (Å²) < 4.78 is 10.6. The van der Waals surface area contributed by atoms with Crippen LogP contribution >= 0.6 is 0 Å². The first-order valence-corrected chi connectivity index (χ1v) is 7.91. The van der Waals surface area contributed by atoms with Gasteiger partial charge in [0.15, 0.2) is 0 Å². The number of hydrogen-bond donors (Lipinski definition) is 0. The molecule has 1 aliphatic rings. The van der Waals surface area contributed by atoms with Gasteiger partial charge in [-0.2, -0.15) is 0 Å². The average molecular weight is 319 g/mol. The molecule has 5 heteroatoms. The summed E-state index contributed by atoms with van der Waals surface area (Å²) in [6, 6.07) is 7.78. The van der Waals surface area contributed by atoms with Gasteiger partial charge in [0.05, 0.1) is 7.11 Å². The van der Waals surface area contributed by atoms with Crippen molar-refractivity contribution < 1.29 is 19.1 Å². The Morgan fingerprint density at radius 2 is 1.91 bits per heavy atom. The Kier molecular flexibility index (Phi) is 5.29. The topological polar surface area (TPSA) is 55.8 Å². The molecule has 0 radical (unpaired) electrons. The Bertz CT molecular complexity index is 547. The lowest BCUT2D eigenvalue weighted by atomic mass is 9.81. The first-order valence-electron chi connectivity index (χ1n) is 7.91. The molecular formula is C18H25NO4. The molecule has 0 saturated carbocycles. The third-order valence-corrected chi connectivity index (χ3v) is 4.03. The molecule has 0 aliphatic carbocycles. The third-order valence-electron chi connectivity index (χ3n) is 4.03. The van der Waals surface area contributed by atoms with Gasteiger partial charge in [-0.25, -0.2) is 4.79 Å². The van der Waals surface area contributed by atoms with Gasteiger partial charge in [0.1, 0.15) is 17.6 Å². The Labute approximate surface area is 137 Å². The number of nitrogens with zero attached hydrogens (tertiary/aromatic N) is 1. The molecule has 1 amide bonds. The minimum atomic E-state index is -0.527. The summed E-state index contributed by atoms with van der Waals surface area (Å²) in [5.41, 5.74) is 0.576. The molecule has 1 fully saturated rings. The highest BCUT2D eigenvalue weighted by atomic mass is 16.6. The van der Waals surface area contributed by atoms with Crippen LogP contribution < -0.4 is 4.74 Å². The van der Waals surface area contributed by atoms with E-state index in [0.717, 1.165) is 24.0 Å². The molecule has 5 nitrogen and oxygen atoms in total. The number of amides is 1. The molecule has 23 heavy (non-hydrogen) atoms. The molecule has 1 aromatic carbocycles. The minimum absolute atomic E-state index is 0.122. The summed E-state index contributed by atoms with van der Waals surface area (Å²) in [5.74, 6) is 0.698. The second-order valence-corrected chi connectivity index (χ2v) is 6.89. The first kappa shape index (κ1) is 17.3. The van der Waals surface area contributed by atoms with Gasteiger partial charge in [-0.1, -0.05) is 12.1 Å². The van der Waals surface area contributed by atoms with Crippen LogP contribution in [0.5, 0.6) is 5.75 Å². The van der Waals surface area contributed by atoms with E-state index in [1.165, 1.54) is 0 Å². The van der Waals surface area contributed by atoms with E-state index < -0.39 is 5.60 Å². The van der Waals surface area contributed by atoms with Crippen LogP contribution in [-0.4, -0.2) is 43.1 Å². The molecule has 1 aromatic rings. The van der Waals surface area contributed by atoms with Gasteiger partial charge in [0, 0.05) is 19.0 Å². The number of rotatable bonds is 3. The van der Waals surface area contributed by atoms with Gasteiger partial charge >= 0.3 is 6.09 Å². The molecular weight excluding hydrogens is 294 g/mol. The number of carbonyl (C=O) groups excluding carboxylic acids is 2. The Morgan fingerprint density at radius 1 is 1.26 bits per heavy atom. The minimum Gasteiger partial charge on any atom is -0.497 e. The molecule has 1 saturated heterocycles. The SMILES string of the molecule is COc1ccc(C2CCN(C(=O)OC(C)(C)C)CC2C=O)cc1. The van der Waals surface area contributed by atoms with E-state index in [-0.39, 0.29) is 17.9 Å². The maximum Gasteiger partial charge on any atom is 0.410 e. The number of benzene rings is 1. The van der Waals surface area contributed by atoms with Crippen molar-refractivity contribution in [2.24, 2.45) is 5.92 Å². The fourth-order valence-electron chi connectivity index (χ4n) is 2.88. The molecule has 0 N–H and O–H groups in total. The zero-order chi connectivity index (χ0) is 17.0. The van der Waals surface area contributed by atoms with Gasteiger partial charge in [-0.15, -0.1) is 0 Å². The fraction of sp³-hybridized carbons (Fsp3) is 0.556. The Balaban J connectivity index is 2.06. The van der Waals surface area contributed by atoms with Crippen molar-refractivity contribution in [3.8, 4) is 5.75 Å². The van der Waals surface area contributed by atoms with Gasteiger partial charge < -0.3 is 19.2 Å². The van der Waals surface area contributed by atoms with Gasteiger partial charge in [0.2, 0.25) is 0 Å². The maximum atomic E-state index is 12.2. The molecule has 0 spiro atoms. The summed E-state index contributed by atoms with van der Waals surface area (Å²) in [4.78, 5) is 25.3. The van der Waals surface area contributed by atoms with E-state index >= 15 is 0 Å². The van der Waals surface area contributed by atoms with E-state index in [1.54, 1.807) is 12.0 Å². The van der Waals surface area contributed by atoms with E-state index in [0.29, 0.717) is 13.1 Å². The van der Waals surface area contributed by atoms with Crippen LogP contribution in [0.25, 0.3) is 0 Å². The normalized spacial score (nSPS) is 21.7. The third kappa shape index (κ3) is 4.47. The van der Waals surface area contributed by atoms with Crippen LogP contribution in [0.3, 0.4) is 0 Å². The number of aldehydes is 1. The number of hydrogen-bond acceptors (Lipinski definition) is 4. The number of piperidine rings is 1. The molecule has 2 atom stereocenters. The van der Waals surface area contributed by atoms with Crippen molar-refractivity contribution in [1.82, 2.24) is 4.90 Å². The summed E-state index contributed by atoms with van der Waals surface area (Å²) in [6.07, 6.45) is 1.35. The number of likely N-dealkylation sites (tertiary alicyclic amines) is 1. The largest absolute Gasteiger partial charge is 0.497 e. The van der Waals surface area contributed by atoms with E-state index in [1.807, 2.05) is 45.0 Å². The molecule has 126 valence electrons. The van der Waals surface area contributed by atoms with Crippen molar-refractivity contribution in [3.05, 3.63) is 29.8 Å². The van der Waals surface area contributed by atoms with E-state index in [9.17, 15) is 9.59 Å². The van der Waals surface area contributed by atoms with Gasteiger partial charge in [-0.05, 0) is 50.8 Å². The average Bonchev–Trinajstić information content (AvgIpc) is 2.52. The van der Waals surface area contributed by atoms with Crippen molar-refractivity contribution in [2.45, 2.75) is 38.7 Å². The van der Waals surface area contributed by atoms with Crippen LogP contribution in [0.1, 0.15) is 38.7 Å². The second kappa shape index (κ2) is 7.02. The molecule has 0 aromatic heterocycles. The Morgan fingerprint density at radius 3 is 2.43 bits per heavy atom. The number of ether oxygens (including phenoxy) is 2. The smallest absolute Gasteiger partial charge is 0.410 e. The van der Waals surface area contributed by atoms with Gasteiger partial charge in [0.25, 0.3) is 0 Å². The van der Waals surface area contributed by atoms with Crippen molar-refractivity contribution in [3.63, 3.8) is 0 Å². The van der Waals surface area contributed by atoms with Crippen LogP contribution in [0.15, 0.2) is 24.3 Å². The Hall–Kier alpha value is -2.04. The predicted molar refractivity (Wildman–Crippen MR) is 87.7 cm³/mol. The lowest BCUT2D eigenvalue weighted by molar-refractivity contribution is -0.113. The molecule has 2 unspecified atom stereocenters. The summed E-state index contributed by atoms with van der Waals surface area (Å²) in [7, 11) is 1.63. The predicted octanol–water partition coefficient (Wildman–Crippen LogP) is 3.23. The molecule has 0 bridgehead atoms. The van der Waals surface area contributed by atoms with Gasteiger partial charge in [-0.3, -0.25) is 0 Å². The lowest BCUT2D eigenvalue weighted by Gasteiger charge is -2.37. The van der Waals surface area contributed by atoms with Crippen molar-refractivity contribution in [2.75, 3.05) is 20.2 Å². The summed E-state index contributed by atoms with van der Waals surface area (Å²) in [5, 5.41) is 0. The van der Waals surface area contributed by atoms with Crippen LogP contribution in [-0.2, 0) is 9.53 Å². The zero-order valence-electron chi connectivity index (χ0n) is 14.2. The number of carbonyl (C=O) groups is 2. The zero-order valence-corrected chi connectivity index (χ0v) is 14.2. The van der Waals surface area contributed by atoms with E-state index in [2.05, 4.69) is 0 Å². The standard InChI is InChI=1S/C18H25NO4/c1-18(2,3)23-17(21)19-10-9-16(14(11-19)12-20)13-5-7-15(22-4)8-6-13/h5-8,12,14,16H,9-11H2,1-4H3. The fourth-order valence-corrected chi connectivity index (χ4v) is 2.88. The highest BCUT2D eigenvalue weighted by Crippen LogP contribution is 2.33. The van der Waals surface area contributed by atoms with Crippen LogP contribution in [0.2, 0.25) is 0 Å². The summed E-state index contributed by atoms with van der Waals surface area (Å²) in [6.45, 7) is 6.51. The lowest BCUT2D eigenvalue weighted by Crippen LogP contribution is -2.45. The highest BCUT2D eigenvalue weighted by molar-refractivity contribution is 5.69. The molecule has 1 aliphatic heterocycles. The number of methoxy groups -OCH3 is 1.